The summed E-state index contributed by atoms with van der Waals surface area (Å²) in [6, 6.07) is 0. The van der Waals surface area contributed by atoms with Gasteiger partial charge in [-0.3, -0.25) is 0 Å². The third-order valence-electron chi connectivity index (χ3n) is 2.54. The molecule has 0 atom stereocenters. The molecule has 1 heterocycles. The number of hydrogen-bond donors (Lipinski definition) is 1. The Kier molecular flexibility index (Phi) is 2.04. The quantitative estimate of drug-likeness (QED) is 0.745. The molecule has 1 aromatic rings. The van der Waals surface area contributed by atoms with Crippen molar-refractivity contribution in [3.05, 3.63) is 22.8 Å². The van der Waals surface area contributed by atoms with E-state index in [0.29, 0.717) is 5.92 Å². The first-order chi connectivity index (χ1) is 6.22. The van der Waals surface area contributed by atoms with Crippen molar-refractivity contribution >= 4 is 0 Å². The first kappa shape index (κ1) is 8.63. The molecule has 1 saturated carbocycles. The first-order valence-corrected chi connectivity index (χ1v) is 4.67. The van der Waals surface area contributed by atoms with Crippen molar-refractivity contribution in [1.82, 2.24) is 9.97 Å². The van der Waals surface area contributed by atoms with E-state index in [1.54, 1.807) is 0 Å². The molecule has 2 rings (SSSR count). The summed E-state index contributed by atoms with van der Waals surface area (Å²) in [5.41, 5.74) is 2.73. The maximum absolute atomic E-state index is 9.06. The van der Waals surface area contributed by atoms with Gasteiger partial charge in [-0.2, -0.15) is 0 Å². The zero-order valence-corrected chi connectivity index (χ0v) is 8.04. The van der Waals surface area contributed by atoms with Crippen molar-refractivity contribution in [1.29, 1.82) is 0 Å². The van der Waals surface area contributed by atoms with Crippen molar-refractivity contribution in [3.8, 4) is 0 Å². The zero-order chi connectivity index (χ0) is 9.42. The van der Waals surface area contributed by atoms with Gasteiger partial charge in [0.2, 0.25) is 0 Å². The molecule has 0 amide bonds. The molecule has 0 saturated heterocycles. The molecule has 1 N–H and O–H groups in total. The van der Waals surface area contributed by atoms with Crippen LogP contribution in [0.4, 0.5) is 0 Å². The third kappa shape index (κ3) is 1.56. The van der Waals surface area contributed by atoms with Crippen molar-refractivity contribution < 1.29 is 5.11 Å². The molecule has 0 aromatic carbocycles. The lowest BCUT2D eigenvalue weighted by Crippen LogP contribution is -2.04. The summed E-state index contributed by atoms with van der Waals surface area (Å²) in [6.07, 6.45) is 2.44. The summed E-state index contributed by atoms with van der Waals surface area (Å²) in [5, 5.41) is 9.06. The van der Waals surface area contributed by atoms with E-state index in [2.05, 4.69) is 9.97 Å². The van der Waals surface area contributed by atoms with Crippen LogP contribution in [0.5, 0.6) is 0 Å². The molecule has 1 aliphatic carbocycles. The second kappa shape index (κ2) is 3.07. The Balaban J connectivity index is 2.42. The van der Waals surface area contributed by atoms with E-state index in [0.717, 1.165) is 22.8 Å². The van der Waals surface area contributed by atoms with Gasteiger partial charge in [-0.1, -0.05) is 0 Å². The highest BCUT2D eigenvalue weighted by molar-refractivity contribution is 5.25. The Morgan fingerprint density at radius 2 is 1.77 bits per heavy atom. The largest absolute Gasteiger partial charge is 0.392 e. The third-order valence-corrected chi connectivity index (χ3v) is 2.54. The monoisotopic (exact) mass is 178 g/mol. The van der Waals surface area contributed by atoms with Crippen LogP contribution in [0.25, 0.3) is 0 Å². The smallest absolute Gasteiger partial charge is 0.131 e. The maximum atomic E-state index is 9.06. The van der Waals surface area contributed by atoms with Gasteiger partial charge in [0.25, 0.3) is 0 Å². The van der Waals surface area contributed by atoms with Gasteiger partial charge in [-0.05, 0) is 26.7 Å². The average molecular weight is 178 g/mol. The van der Waals surface area contributed by atoms with E-state index in [4.69, 9.17) is 5.11 Å². The summed E-state index contributed by atoms with van der Waals surface area (Å²) in [6.45, 7) is 3.92. The number of aliphatic hydroxyl groups excluding tert-OH is 1. The molecule has 0 aliphatic heterocycles. The highest BCUT2D eigenvalue weighted by Gasteiger charge is 2.27. The lowest BCUT2D eigenvalue weighted by atomic mass is 10.2. The molecular formula is C10H14N2O. The van der Waals surface area contributed by atoms with Crippen LogP contribution in [0.2, 0.25) is 0 Å². The predicted octanol–water partition coefficient (Wildman–Crippen LogP) is 1.46. The SMILES string of the molecule is Cc1nc(C2CC2)nc(C)c1CO. The number of aryl methyl sites for hydroxylation is 2. The molecule has 13 heavy (non-hydrogen) atoms. The summed E-state index contributed by atoms with van der Waals surface area (Å²) in [7, 11) is 0. The lowest BCUT2D eigenvalue weighted by molar-refractivity contribution is 0.279. The normalized spacial score (nSPS) is 16.2. The van der Waals surface area contributed by atoms with E-state index < -0.39 is 0 Å². The highest BCUT2D eigenvalue weighted by Crippen LogP contribution is 2.38. The minimum absolute atomic E-state index is 0.0443. The van der Waals surface area contributed by atoms with Crippen LogP contribution in [0.1, 0.15) is 41.5 Å². The minimum Gasteiger partial charge on any atom is -0.392 e. The fraction of sp³-hybridized carbons (Fsp3) is 0.600. The molecule has 0 unspecified atom stereocenters. The molecule has 1 fully saturated rings. The van der Waals surface area contributed by atoms with E-state index >= 15 is 0 Å². The Hall–Kier alpha value is -0.960. The Bertz CT molecular complexity index is 309. The fourth-order valence-electron chi connectivity index (χ4n) is 1.52. The first-order valence-electron chi connectivity index (χ1n) is 4.67. The number of aromatic nitrogens is 2. The van der Waals surface area contributed by atoms with E-state index in [1.165, 1.54) is 12.8 Å². The van der Waals surface area contributed by atoms with Crippen molar-refractivity contribution in [2.24, 2.45) is 0 Å². The van der Waals surface area contributed by atoms with Gasteiger partial charge in [0.15, 0.2) is 0 Å². The van der Waals surface area contributed by atoms with Gasteiger partial charge in [-0.25, -0.2) is 9.97 Å². The molecule has 0 bridgehead atoms. The summed E-state index contributed by atoms with van der Waals surface area (Å²) in [4.78, 5) is 8.79. The number of hydrogen-bond acceptors (Lipinski definition) is 3. The molecule has 70 valence electrons. The molecule has 3 heteroatoms. The molecule has 0 spiro atoms. The molecule has 1 aromatic heterocycles. The topological polar surface area (TPSA) is 46.0 Å². The number of aliphatic hydroxyl groups is 1. The Morgan fingerprint density at radius 3 is 2.15 bits per heavy atom. The predicted molar refractivity (Wildman–Crippen MR) is 49.4 cm³/mol. The van der Waals surface area contributed by atoms with Gasteiger partial charge in [0.05, 0.1) is 6.61 Å². The van der Waals surface area contributed by atoms with E-state index in [-0.39, 0.29) is 6.61 Å². The fourth-order valence-corrected chi connectivity index (χ4v) is 1.52. The average Bonchev–Trinajstić information content (AvgIpc) is 2.85. The molecule has 0 radical (unpaired) electrons. The van der Waals surface area contributed by atoms with Crippen LogP contribution in [0.3, 0.4) is 0 Å². The van der Waals surface area contributed by atoms with Crippen LogP contribution < -0.4 is 0 Å². The second-order valence-electron chi connectivity index (χ2n) is 3.66. The maximum Gasteiger partial charge on any atom is 0.131 e. The Morgan fingerprint density at radius 1 is 1.23 bits per heavy atom. The minimum atomic E-state index is 0.0443. The number of rotatable bonds is 2. The highest BCUT2D eigenvalue weighted by atomic mass is 16.3. The van der Waals surface area contributed by atoms with E-state index in [9.17, 15) is 0 Å². The summed E-state index contributed by atoms with van der Waals surface area (Å²) >= 11 is 0. The van der Waals surface area contributed by atoms with Crippen LogP contribution in [-0.4, -0.2) is 15.1 Å². The van der Waals surface area contributed by atoms with Gasteiger partial charge < -0.3 is 5.11 Å². The van der Waals surface area contributed by atoms with Crippen LogP contribution >= 0.6 is 0 Å². The van der Waals surface area contributed by atoms with Crippen LogP contribution in [0, 0.1) is 13.8 Å². The number of nitrogens with zero attached hydrogens (tertiary/aromatic N) is 2. The van der Waals surface area contributed by atoms with Crippen LogP contribution in [-0.2, 0) is 6.61 Å². The molecular weight excluding hydrogens is 164 g/mol. The lowest BCUT2D eigenvalue weighted by Gasteiger charge is -2.07. The molecule has 3 nitrogen and oxygen atoms in total. The van der Waals surface area contributed by atoms with Gasteiger partial charge in [-0.15, -0.1) is 0 Å². The molecule has 1 aliphatic rings. The van der Waals surface area contributed by atoms with Crippen molar-refractivity contribution in [3.63, 3.8) is 0 Å². The van der Waals surface area contributed by atoms with Crippen molar-refractivity contribution in [2.45, 2.75) is 39.2 Å². The zero-order valence-electron chi connectivity index (χ0n) is 8.04. The van der Waals surface area contributed by atoms with Gasteiger partial charge >= 0.3 is 0 Å². The standard InChI is InChI=1S/C10H14N2O/c1-6-9(5-13)7(2)12-10(11-6)8-3-4-8/h8,13H,3-5H2,1-2H3. The van der Waals surface area contributed by atoms with Gasteiger partial charge in [0.1, 0.15) is 5.82 Å². The second-order valence-corrected chi connectivity index (χ2v) is 3.66. The van der Waals surface area contributed by atoms with Crippen LogP contribution in [0.15, 0.2) is 0 Å². The van der Waals surface area contributed by atoms with E-state index in [1.807, 2.05) is 13.8 Å². The van der Waals surface area contributed by atoms with Crippen molar-refractivity contribution in [2.75, 3.05) is 0 Å². The van der Waals surface area contributed by atoms with Gasteiger partial charge in [0, 0.05) is 22.9 Å². The summed E-state index contributed by atoms with van der Waals surface area (Å²) in [5.74, 6) is 1.55. The Labute approximate surface area is 77.8 Å². The summed E-state index contributed by atoms with van der Waals surface area (Å²) < 4.78 is 0.